The molecular formula is C11H12F3NO. The number of methoxy groups -OCH3 is 1. The highest BCUT2D eigenvalue weighted by molar-refractivity contribution is 5.22. The van der Waals surface area contributed by atoms with Gasteiger partial charge in [0.25, 0.3) is 0 Å². The van der Waals surface area contributed by atoms with Gasteiger partial charge in [0.15, 0.2) is 6.10 Å². The minimum absolute atomic E-state index is 0.0550. The number of hydrogen-bond donors (Lipinski definition) is 0. The van der Waals surface area contributed by atoms with Gasteiger partial charge < -0.3 is 4.74 Å². The van der Waals surface area contributed by atoms with Crippen LogP contribution >= 0.6 is 0 Å². The third-order valence-corrected chi connectivity index (χ3v) is 2.64. The van der Waals surface area contributed by atoms with Crippen molar-refractivity contribution in [1.82, 2.24) is 4.98 Å². The van der Waals surface area contributed by atoms with Crippen molar-refractivity contribution in [2.24, 2.45) is 0 Å². The third kappa shape index (κ3) is 2.35. The zero-order valence-corrected chi connectivity index (χ0v) is 8.79. The highest BCUT2D eigenvalue weighted by Crippen LogP contribution is 2.40. The van der Waals surface area contributed by atoms with E-state index < -0.39 is 12.3 Å². The highest BCUT2D eigenvalue weighted by Gasteiger charge is 2.41. The zero-order chi connectivity index (χ0) is 11.8. The van der Waals surface area contributed by atoms with E-state index in [2.05, 4.69) is 9.72 Å². The Morgan fingerprint density at radius 3 is 2.44 bits per heavy atom. The molecule has 0 spiro atoms. The molecule has 2 rings (SSSR count). The standard InChI is InChI=1S/C11H12F3NO/c1-16-10(11(12,13)14)8-4-5-9(15-6-8)7-2-3-7/h4-7,10H,2-3H2,1H3. The van der Waals surface area contributed by atoms with E-state index >= 15 is 0 Å². The second kappa shape index (κ2) is 4.05. The minimum Gasteiger partial charge on any atom is -0.367 e. The van der Waals surface area contributed by atoms with Crippen molar-refractivity contribution in [2.45, 2.75) is 31.0 Å². The van der Waals surface area contributed by atoms with Crippen molar-refractivity contribution in [3.63, 3.8) is 0 Å². The predicted octanol–water partition coefficient (Wildman–Crippen LogP) is 3.21. The molecular weight excluding hydrogens is 219 g/mol. The topological polar surface area (TPSA) is 22.1 Å². The number of nitrogens with zero attached hydrogens (tertiary/aromatic N) is 1. The monoisotopic (exact) mass is 231 g/mol. The number of rotatable bonds is 3. The fraction of sp³-hybridized carbons (Fsp3) is 0.545. The molecule has 1 unspecified atom stereocenters. The number of ether oxygens (including phenoxy) is 1. The molecule has 1 aromatic heterocycles. The van der Waals surface area contributed by atoms with Crippen LogP contribution in [0.2, 0.25) is 0 Å². The van der Waals surface area contributed by atoms with Crippen molar-refractivity contribution in [3.8, 4) is 0 Å². The van der Waals surface area contributed by atoms with Crippen molar-refractivity contribution in [1.29, 1.82) is 0 Å². The molecule has 1 fully saturated rings. The van der Waals surface area contributed by atoms with E-state index in [1.807, 2.05) is 0 Å². The number of pyridine rings is 1. The van der Waals surface area contributed by atoms with Crippen LogP contribution < -0.4 is 0 Å². The summed E-state index contributed by atoms with van der Waals surface area (Å²) in [5, 5.41) is 0. The molecule has 2 nitrogen and oxygen atoms in total. The van der Waals surface area contributed by atoms with Gasteiger partial charge in [-0.1, -0.05) is 6.07 Å². The molecule has 88 valence electrons. The van der Waals surface area contributed by atoms with Gasteiger partial charge >= 0.3 is 6.18 Å². The molecule has 1 aliphatic carbocycles. The Balaban J connectivity index is 2.18. The van der Waals surface area contributed by atoms with Crippen molar-refractivity contribution in [3.05, 3.63) is 29.6 Å². The van der Waals surface area contributed by atoms with Crippen LogP contribution in [-0.4, -0.2) is 18.3 Å². The Labute approximate surface area is 91.4 Å². The molecule has 1 aliphatic rings. The Kier molecular flexibility index (Phi) is 2.88. The van der Waals surface area contributed by atoms with Crippen molar-refractivity contribution >= 4 is 0 Å². The van der Waals surface area contributed by atoms with Gasteiger partial charge in [-0.15, -0.1) is 0 Å². The van der Waals surface area contributed by atoms with E-state index in [4.69, 9.17) is 0 Å². The lowest BCUT2D eigenvalue weighted by atomic mass is 10.1. The lowest BCUT2D eigenvalue weighted by molar-refractivity contribution is -0.216. The molecule has 0 saturated heterocycles. The number of hydrogen-bond acceptors (Lipinski definition) is 2. The van der Waals surface area contributed by atoms with Crippen molar-refractivity contribution < 1.29 is 17.9 Å². The van der Waals surface area contributed by atoms with Gasteiger partial charge in [-0.25, -0.2) is 0 Å². The first-order valence-electron chi connectivity index (χ1n) is 5.07. The highest BCUT2D eigenvalue weighted by atomic mass is 19.4. The molecule has 0 radical (unpaired) electrons. The zero-order valence-electron chi connectivity index (χ0n) is 8.79. The van der Waals surface area contributed by atoms with Crippen LogP contribution in [0, 0.1) is 0 Å². The largest absolute Gasteiger partial charge is 0.418 e. The van der Waals surface area contributed by atoms with E-state index in [-0.39, 0.29) is 5.56 Å². The summed E-state index contributed by atoms with van der Waals surface area (Å²) in [5.74, 6) is 0.445. The van der Waals surface area contributed by atoms with E-state index in [1.165, 1.54) is 12.3 Å². The quantitative estimate of drug-likeness (QED) is 0.796. The summed E-state index contributed by atoms with van der Waals surface area (Å²) < 4.78 is 42.0. The van der Waals surface area contributed by atoms with Gasteiger partial charge in [0, 0.05) is 30.5 Å². The number of halogens is 3. The fourth-order valence-corrected chi connectivity index (χ4v) is 1.65. The van der Waals surface area contributed by atoms with Crippen molar-refractivity contribution in [2.75, 3.05) is 7.11 Å². The average molecular weight is 231 g/mol. The average Bonchev–Trinajstić information content (AvgIpc) is 3.01. The molecule has 0 amide bonds. The van der Waals surface area contributed by atoms with Crippen LogP contribution in [0.5, 0.6) is 0 Å². The smallest absolute Gasteiger partial charge is 0.367 e. The van der Waals surface area contributed by atoms with Crippen LogP contribution in [0.3, 0.4) is 0 Å². The normalized spacial score (nSPS) is 18.5. The molecule has 1 heterocycles. The second-order valence-electron chi connectivity index (χ2n) is 3.95. The predicted molar refractivity (Wildman–Crippen MR) is 52.0 cm³/mol. The first-order valence-corrected chi connectivity index (χ1v) is 5.07. The third-order valence-electron chi connectivity index (χ3n) is 2.64. The Morgan fingerprint density at radius 2 is 2.06 bits per heavy atom. The molecule has 0 bridgehead atoms. The van der Waals surface area contributed by atoms with Gasteiger partial charge in [0.2, 0.25) is 0 Å². The molecule has 16 heavy (non-hydrogen) atoms. The number of aromatic nitrogens is 1. The SMILES string of the molecule is COC(c1ccc(C2CC2)nc1)C(F)(F)F. The maximum Gasteiger partial charge on any atom is 0.418 e. The summed E-state index contributed by atoms with van der Waals surface area (Å²) in [7, 11) is 1.05. The first-order chi connectivity index (χ1) is 7.52. The molecule has 0 N–H and O–H groups in total. The molecule has 5 heteroatoms. The fourth-order valence-electron chi connectivity index (χ4n) is 1.65. The van der Waals surface area contributed by atoms with Crippen LogP contribution in [0.25, 0.3) is 0 Å². The lowest BCUT2D eigenvalue weighted by Gasteiger charge is -2.18. The summed E-state index contributed by atoms with van der Waals surface area (Å²) >= 11 is 0. The molecule has 1 saturated carbocycles. The van der Waals surface area contributed by atoms with Crippen LogP contribution in [0.15, 0.2) is 18.3 Å². The maximum absolute atomic E-state index is 12.5. The van der Waals surface area contributed by atoms with Crippen LogP contribution in [0.4, 0.5) is 13.2 Å². The van der Waals surface area contributed by atoms with Crippen LogP contribution in [-0.2, 0) is 4.74 Å². The summed E-state index contributed by atoms with van der Waals surface area (Å²) in [6.07, 6.45) is -2.85. The van der Waals surface area contributed by atoms with Gasteiger partial charge in [-0.2, -0.15) is 13.2 Å². The lowest BCUT2D eigenvalue weighted by Crippen LogP contribution is -2.22. The molecule has 0 aliphatic heterocycles. The minimum atomic E-state index is -4.39. The number of alkyl halides is 3. The summed E-state index contributed by atoms with van der Waals surface area (Å²) in [6, 6.07) is 3.10. The van der Waals surface area contributed by atoms with Gasteiger partial charge in [-0.3, -0.25) is 4.98 Å². The second-order valence-corrected chi connectivity index (χ2v) is 3.95. The maximum atomic E-state index is 12.5. The summed E-state index contributed by atoms with van der Waals surface area (Å²) in [6.45, 7) is 0. The Morgan fingerprint density at radius 1 is 1.38 bits per heavy atom. The van der Waals surface area contributed by atoms with Gasteiger partial charge in [-0.05, 0) is 18.9 Å². The molecule has 1 atom stereocenters. The molecule has 0 aromatic carbocycles. The van der Waals surface area contributed by atoms with Gasteiger partial charge in [0.1, 0.15) is 0 Å². The first kappa shape index (κ1) is 11.4. The summed E-state index contributed by atoms with van der Waals surface area (Å²) in [5.41, 5.74) is 0.931. The summed E-state index contributed by atoms with van der Waals surface area (Å²) in [4.78, 5) is 4.04. The van der Waals surface area contributed by atoms with E-state index in [9.17, 15) is 13.2 Å². The Bertz CT molecular complexity index is 356. The van der Waals surface area contributed by atoms with Gasteiger partial charge in [0.05, 0.1) is 0 Å². The Hall–Kier alpha value is -1.10. The van der Waals surface area contributed by atoms with E-state index in [0.29, 0.717) is 5.92 Å². The van der Waals surface area contributed by atoms with E-state index in [0.717, 1.165) is 25.6 Å². The van der Waals surface area contributed by atoms with E-state index in [1.54, 1.807) is 6.07 Å². The van der Waals surface area contributed by atoms with Crippen LogP contribution in [0.1, 0.15) is 36.1 Å². The molecule has 1 aromatic rings.